The number of carbonyl (C=O) groups is 2. The lowest BCUT2D eigenvalue weighted by Gasteiger charge is -2.17. The van der Waals surface area contributed by atoms with Crippen molar-refractivity contribution in [3.05, 3.63) is 66.5 Å². The number of amides is 2. The molecule has 1 aromatic heterocycles. The number of benzene rings is 2. The normalized spacial score (nSPS) is 16.3. The number of carbonyl (C=O) groups excluding carboxylic acids is 2. The molecular formula is C23H26N4O2. The van der Waals surface area contributed by atoms with Gasteiger partial charge >= 0.3 is 0 Å². The standard InChI is InChI=1S/C23H26N4O2/c28-22(13-15-27-17-24-20-8-4-5-9-21(20)27)25-19-12-14-26(16-19)23(29)11-10-18-6-2-1-3-7-18/h1-9,17,19H,10-16H2,(H,25,28). The van der Waals surface area contributed by atoms with Crippen LogP contribution in [0.4, 0.5) is 0 Å². The molecule has 1 saturated heterocycles. The average molecular weight is 390 g/mol. The number of aryl methyl sites for hydroxylation is 2. The number of aromatic nitrogens is 2. The van der Waals surface area contributed by atoms with Gasteiger partial charge in [-0.1, -0.05) is 42.5 Å². The van der Waals surface area contributed by atoms with Gasteiger partial charge < -0.3 is 14.8 Å². The summed E-state index contributed by atoms with van der Waals surface area (Å²) in [4.78, 5) is 31.1. The number of nitrogens with zero attached hydrogens (tertiary/aromatic N) is 3. The average Bonchev–Trinajstić information content (AvgIpc) is 3.38. The third kappa shape index (κ3) is 4.83. The van der Waals surface area contributed by atoms with E-state index in [0.717, 1.165) is 23.9 Å². The summed E-state index contributed by atoms with van der Waals surface area (Å²) in [6, 6.07) is 18.0. The molecule has 29 heavy (non-hydrogen) atoms. The molecule has 0 radical (unpaired) electrons. The molecule has 4 rings (SSSR count). The van der Waals surface area contributed by atoms with Crippen LogP contribution in [0.1, 0.15) is 24.8 Å². The minimum absolute atomic E-state index is 0.0198. The van der Waals surface area contributed by atoms with Crippen molar-refractivity contribution < 1.29 is 9.59 Å². The SMILES string of the molecule is O=C(CCn1cnc2ccccc21)NC1CCN(C(=O)CCc2ccccc2)C1. The van der Waals surface area contributed by atoms with Crippen molar-refractivity contribution in [3.63, 3.8) is 0 Å². The van der Waals surface area contributed by atoms with Crippen molar-refractivity contribution >= 4 is 22.8 Å². The van der Waals surface area contributed by atoms with Gasteiger partial charge in [0, 0.05) is 38.5 Å². The van der Waals surface area contributed by atoms with Gasteiger partial charge in [-0.25, -0.2) is 4.98 Å². The molecule has 1 fully saturated rings. The Kier molecular flexibility index (Phi) is 5.89. The molecule has 0 spiro atoms. The largest absolute Gasteiger partial charge is 0.351 e. The fraction of sp³-hybridized carbons (Fsp3) is 0.348. The maximum Gasteiger partial charge on any atom is 0.222 e. The van der Waals surface area contributed by atoms with Crippen LogP contribution < -0.4 is 5.32 Å². The van der Waals surface area contributed by atoms with Crippen molar-refractivity contribution in [1.82, 2.24) is 19.8 Å². The van der Waals surface area contributed by atoms with Gasteiger partial charge in [0.25, 0.3) is 0 Å². The van der Waals surface area contributed by atoms with E-state index in [1.165, 1.54) is 5.56 Å². The molecule has 2 amide bonds. The highest BCUT2D eigenvalue weighted by atomic mass is 16.2. The van der Waals surface area contributed by atoms with Gasteiger partial charge in [0.15, 0.2) is 0 Å². The second kappa shape index (κ2) is 8.90. The van der Waals surface area contributed by atoms with Gasteiger partial charge in [0.05, 0.1) is 17.4 Å². The molecular weight excluding hydrogens is 364 g/mol. The number of rotatable bonds is 7. The molecule has 1 unspecified atom stereocenters. The van der Waals surface area contributed by atoms with Crippen LogP contribution in [0.5, 0.6) is 0 Å². The van der Waals surface area contributed by atoms with Gasteiger partial charge in [0.2, 0.25) is 11.8 Å². The molecule has 3 aromatic rings. The number of imidazole rings is 1. The Labute approximate surface area is 170 Å². The second-order valence-electron chi connectivity index (χ2n) is 7.56. The Morgan fingerprint density at radius 2 is 1.83 bits per heavy atom. The Bertz CT molecular complexity index is 983. The van der Waals surface area contributed by atoms with Crippen molar-refractivity contribution in [2.45, 2.75) is 38.3 Å². The van der Waals surface area contributed by atoms with Gasteiger partial charge in [-0.15, -0.1) is 0 Å². The van der Waals surface area contributed by atoms with Crippen LogP contribution in [0.25, 0.3) is 11.0 Å². The third-order valence-corrected chi connectivity index (χ3v) is 5.48. The maximum absolute atomic E-state index is 12.5. The maximum atomic E-state index is 12.5. The minimum Gasteiger partial charge on any atom is -0.351 e. The predicted octanol–water partition coefficient (Wildman–Crippen LogP) is 2.78. The summed E-state index contributed by atoms with van der Waals surface area (Å²) in [7, 11) is 0. The minimum atomic E-state index is 0.0198. The van der Waals surface area contributed by atoms with E-state index >= 15 is 0 Å². The van der Waals surface area contributed by atoms with E-state index in [0.29, 0.717) is 32.5 Å². The van der Waals surface area contributed by atoms with Crippen molar-refractivity contribution in [3.8, 4) is 0 Å². The molecule has 1 atom stereocenters. The highest BCUT2D eigenvalue weighted by Gasteiger charge is 2.26. The van der Waals surface area contributed by atoms with E-state index < -0.39 is 0 Å². The third-order valence-electron chi connectivity index (χ3n) is 5.48. The zero-order valence-electron chi connectivity index (χ0n) is 16.5. The number of fused-ring (bicyclic) bond motifs is 1. The Morgan fingerprint density at radius 1 is 1.03 bits per heavy atom. The van der Waals surface area contributed by atoms with Gasteiger partial charge in [-0.3, -0.25) is 9.59 Å². The van der Waals surface area contributed by atoms with Crippen molar-refractivity contribution in [2.75, 3.05) is 13.1 Å². The summed E-state index contributed by atoms with van der Waals surface area (Å²) in [6.45, 7) is 1.91. The molecule has 150 valence electrons. The highest BCUT2D eigenvalue weighted by Crippen LogP contribution is 2.14. The quantitative estimate of drug-likeness (QED) is 0.675. The van der Waals surface area contributed by atoms with Crippen LogP contribution in [-0.4, -0.2) is 45.4 Å². The van der Waals surface area contributed by atoms with Crippen LogP contribution >= 0.6 is 0 Å². The molecule has 1 aliphatic rings. The molecule has 1 aliphatic heterocycles. The summed E-state index contributed by atoms with van der Waals surface area (Å²) in [5.74, 6) is 0.182. The summed E-state index contributed by atoms with van der Waals surface area (Å²) in [5, 5.41) is 3.08. The van der Waals surface area contributed by atoms with E-state index in [9.17, 15) is 9.59 Å². The lowest BCUT2D eigenvalue weighted by molar-refractivity contribution is -0.130. The van der Waals surface area contributed by atoms with Crippen LogP contribution in [-0.2, 0) is 22.6 Å². The highest BCUT2D eigenvalue weighted by molar-refractivity contribution is 5.79. The second-order valence-corrected chi connectivity index (χ2v) is 7.56. The summed E-state index contributed by atoms with van der Waals surface area (Å²) < 4.78 is 2.00. The zero-order valence-corrected chi connectivity index (χ0v) is 16.5. The van der Waals surface area contributed by atoms with E-state index in [2.05, 4.69) is 10.3 Å². The Morgan fingerprint density at radius 3 is 2.69 bits per heavy atom. The monoisotopic (exact) mass is 390 g/mol. The number of para-hydroxylation sites is 2. The summed E-state index contributed by atoms with van der Waals surface area (Å²) in [5.41, 5.74) is 3.15. The van der Waals surface area contributed by atoms with Crippen molar-refractivity contribution in [1.29, 1.82) is 0 Å². The molecule has 0 bridgehead atoms. The van der Waals surface area contributed by atoms with E-state index in [1.807, 2.05) is 64.1 Å². The van der Waals surface area contributed by atoms with E-state index in [4.69, 9.17) is 0 Å². The number of hydrogen-bond donors (Lipinski definition) is 1. The molecule has 6 nitrogen and oxygen atoms in total. The first-order valence-electron chi connectivity index (χ1n) is 10.2. The van der Waals surface area contributed by atoms with Crippen LogP contribution in [0.15, 0.2) is 60.9 Å². The van der Waals surface area contributed by atoms with Crippen LogP contribution in [0, 0.1) is 0 Å². The van der Waals surface area contributed by atoms with Gasteiger partial charge in [0.1, 0.15) is 0 Å². The topological polar surface area (TPSA) is 67.2 Å². The molecule has 2 heterocycles. The summed E-state index contributed by atoms with van der Waals surface area (Å²) >= 11 is 0. The smallest absolute Gasteiger partial charge is 0.222 e. The molecule has 0 aliphatic carbocycles. The van der Waals surface area contributed by atoms with Crippen molar-refractivity contribution in [2.24, 2.45) is 0 Å². The van der Waals surface area contributed by atoms with Gasteiger partial charge in [-0.05, 0) is 30.5 Å². The molecule has 1 N–H and O–H groups in total. The predicted molar refractivity (Wildman–Crippen MR) is 112 cm³/mol. The number of nitrogens with one attached hydrogen (secondary N) is 1. The molecule has 0 saturated carbocycles. The van der Waals surface area contributed by atoms with Crippen LogP contribution in [0.3, 0.4) is 0 Å². The van der Waals surface area contributed by atoms with Crippen LogP contribution in [0.2, 0.25) is 0 Å². The lowest BCUT2D eigenvalue weighted by Crippen LogP contribution is -2.38. The fourth-order valence-electron chi connectivity index (χ4n) is 3.87. The first-order valence-corrected chi connectivity index (χ1v) is 10.2. The zero-order chi connectivity index (χ0) is 20.1. The first-order chi connectivity index (χ1) is 14.2. The summed E-state index contributed by atoms with van der Waals surface area (Å²) in [6.07, 6.45) is 4.26. The number of hydrogen-bond acceptors (Lipinski definition) is 3. The lowest BCUT2D eigenvalue weighted by atomic mass is 10.1. The van der Waals surface area contributed by atoms with E-state index in [-0.39, 0.29) is 17.9 Å². The Balaban J connectivity index is 1.21. The van der Waals surface area contributed by atoms with Gasteiger partial charge in [-0.2, -0.15) is 0 Å². The van der Waals surface area contributed by atoms with E-state index in [1.54, 1.807) is 6.33 Å². The number of likely N-dealkylation sites (tertiary alicyclic amines) is 1. The molecule has 6 heteroatoms. The molecule has 2 aromatic carbocycles. The fourth-order valence-corrected chi connectivity index (χ4v) is 3.87. The first kappa shape index (κ1) is 19.2. The Hall–Kier alpha value is -3.15.